The Morgan fingerprint density at radius 2 is 1.75 bits per heavy atom. The van der Waals surface area contributed by atoms with Gasteiger partial charge in [0.05, 0.1) is 5.97 Å². The molecular weight excluding hydrogens is 215 g/mol. The summed E-state index contributed by atoms with van der Waals surface area (Å²) in [5.41, 5.74) is 1.22. The zero-order valence-corrected chi connectivity index (χ0v) is 10.8. The minimum Gasteiger partial charge on any atom is -0.545 e. The third-order valence-electron chi connectivity index (χ3n) is 2.30. The molecule has 0 aliphatic heterocycles. The smallest absolute Gasteiger partial charge is 0.545 e. The van der Waals surface area contributed by atoms with Crippen LogP contribution in [0, 0.1) is 0 Å². The number of allylic oxidation sites excluding steroid dienone is 2. The normalized spacial score (nSPS) is 13.6. The number of carbonyl (C=O) groups excluding carboxylic acids is 2. The Morgan fingerprint density at radius 1 is 1.19 bits per heavy atom. The molecule has 0 amide bonds. The summed E-state index contributed by atoms with van der Waals surface area (Å²) in [4.78, 5) is 22.4. The van der Waals surface area contributed by atoms with Gasteiger partial charge in [0.2, 0.25) is 0 Å². The summed E-state index contributed by atoms with van der Waals surface area (Å²) in [5, 5.41) is 10.7. The van der Waals surface area contributed by atoms with Crippen molar-refractivity contribution in [1.29, 1.82) is 0 Å². The van der Waals surface area contributed by atoms with E-state index in [1.165, 1.54) is 6.08 Å². The molecule has 0 fully saturated rings. The number of aliphatic carboxylic acids is 1. The predicted octanol–water partition coefficient (Wildman–Crippen LogP) is -2.42. The van der Waals surface area contributed by atoms with E-state index in [2.05, 4.69) is 6.58 Å². The van der Waals surface area contributed by atoms with Crippen molar-refractivity contribution in [3.63, 3.8) is 0 Å². The monoisotopic (exact) mass is 222 g/mol. The molecule has 1 aromatic rings. The quantitative estimate of drug-likeness (QED) is 0.392. The molecule has 0 saturated carbocycles. The van der Waals surface area contributed by atoms with E-state index in [4.69, 9.17) is 0 Å². The van der Waals surface area contributed by atoms with Gasteiger partial charge in [-0.15, -0.1) is 0 Å². The van der Waals surface area contributed by atoms with E-state index >= 15 is 0 Å². The first kappa shape index (κ1) is 12.9. The van der Waals surface area contributed by atoms with Crippen LogP contribution in [0.2, 0.25) is 0 Å². The number of carboxylic acids is 1. The number of rotatable bonds is 1. The standard InChI is InChI=1S/C12H8O3.Na/c1-7-6-10(12(14)15)11(13)9-5-3-2-4-8(7)9;/h2-6H,1H2,(H,14,15);/q;+1/p-1. The van der Waals surface area contributed by atoms with Crippen LogP contribution in [0.3, 0.4) is 0 Å². The van der Waals surface area contributed by atoms with E-state index in [0.717, 1.165) is 0 Å². The summed E-state index contributed by atoms with van der Waals surface area (Å²) in [6.45, 7) is 3.70. The second kappa shape index (κ2) is 4.78. The van der Waals surface area contributed by atoms with Gasteiger partial charge >= 0.3 is 29.6 Å². The average molecular weight is 222 g/mol. The van der Waals surface area contributed by atoms with Crippen molar-refractivity contribution in [2.75, 3.05) is 0 Å². The summed E-state index contributed by atoms with van der Waals surface area (Å²) in [6, 6.07) is 6.77. The van der Waals surface area contributed by atoms with E-state index in [-0.39, 0.29) is 35.1 Å². The van der Waals surface area contributed by atoms with Crippen molar-refractivity contribution in [1.82, 2.24) is 0 Å². The Bertz CT molecular complexity index is 515. The van der Waals surface area contributed by atoms with Gasteiger partial charge in [0.25, 0.3) is 0 Å². The van der Waals surface area contributed by atoms with E-state index in [1.54, 1.807) is 24.3 Å². The summed E-state index contributed by atoms with van der Waals surface area (Å²) in [5.74, 6) is -1.98. The first-order valence-corrected chi connectivity index (χ1v) is 4.37. The second-order valence-electron chi connectivity index (χ2n) is 3.25. The number of benzene rings is 1. The minimum atomic E-state index is -1.46. The average Bonchev–Trinajstić information content (AvgIpc) is 2.23. The first-order valence-electron chi connectivity index (χ1n) is 4.37. The molecule has 0 bridgehead atoms. The summed E-state index contributed by atoms with van der Waals surface area (Å²) in [6.07, 6.45) is 1.25. The van der Waals surface area contributed by atoms with Crippen molar-refractivity contribution >= 4 is 17.3 Å². The molecule has 1 aliphatic rings. The number of hydrogen-bond donors (Lipinski definition) is 0. The molecule has 74 valence electrons. The fourth-order valence-corrected chi connectivity index (χ4v) is 1.58. The van der Waals surface area contributed by atoms with Gasteiger partial charge in [-0.25, -0.2) is 0 Å². The van der Waals surface area contributed by atoms with Crippen molar-refractivity contribution < 1.29 is 44.3 Å². The van der Waals surface area contributed by atoms with Gasteiger partial charge in [-0.2, -0.15) is 0 Å². The van der Waals surface area contributed by atoms with Crippen molar-refractivity contribution in [3.05, 3.63) is 53.6 Å². The van der Waals surface area contributed by atoms with E-state index < -0.39 is 11.8 Å². The van der Waals surface area contributed by atoms with Gasteiger partial charge in [-0.1, -0.05) is 30.8 Å². The SMILES string of the molecule is C=C1C=C(C(=O)[O-])C(=O)c2ccccc21.[Na+]. The van der Waals surface area contributed by atoms with E-state index in [9.17, 15) is 14.7 Å². The van der Waals surface area contributed by atoms with Crippen LogP contribution in [-0.4, -0.2) is 11.8 Å². The summed E-state index contributed by atoms with van der Waals surface area (Å²) in [7, 11) is 0. The van der Waals surface area contributed by atoms with Crippen molar-refractivity contribution in [3.8, 4) is 0 Å². The molecule has 3 nitrogen and oxygen atoms in total. The number of carbonyl (C=O) groups is 2. The maximum absolute atomic E-state index is 11.7. The molecule has 1 aliphatic carbocycles. The van der Waals surface area contributed by atoms with Crippen LogP contribution in [0.5, 0.6) is 0 Å². The molecule has 0 radical (unpaired) electrons. The Morgan fingerprint density at radius 3 is 2.31 bits per heavy atom. The Hall–Kier alpha value is -1.16. The summed E-state index contributed by atoms with van der Waals surface area (Å²) < 4.78 is 0. The number of hydrogen-bond acceptors (Lipinski definition) is 3. The van der Waals surface area contributed by atoms with E-state index in [1.807, 2.05) is 0 Å². The fourth-order valence-electron chi connectivity index (χ4n) is 1.58. The molecule has 0 unspecified atom stereocenters. The van der Waals surface area contributed by atoms with Crippen molar-refractivity contribution in [2.24, 2.45) is 0 Å². The number of ketones is 1. The molecule has 2 rings (SSSR count). The Kier molecular flexibility index (Phi) is 3.86. The number of Topliss-reactive ketones (excluding diaryl/α,β-unsaturated/α-hetero) is 1. The topological polar surface area (TPSA) is 57.2 Å². The molecule has 0 heterocycles. The number of fused-ring (bicyclic) bond motifs is 1. The molecule has 0 atom stereocenters. The van der Waals surface area contributed by atoms with Crippen LogP contribution in [0.25, 0.3) is 5.57 Å². The molecule has 0 spiro atoms. The molecule has 0 saturated heterocycles. The van der Waals surface area contributed by atoms with Crippen LogP contribution < -0.4 is 34.7 Å². The first-order chi connectivity index (χ1) is 7.11. The second-order valence-corrected chi connectivity index (χ2v) is 3.25. The van der Waals surface area contributed by atoms with Crippen LogP contribution in [0.1, 0.15) is 15.9 Å². The molecule has 16 heavy (non-hydrogen) atoms. The molecule has 0 N–H and O–H groups in total. The fraction of sp³-hybridized carbons (Fsp3) is 0. The van der Waals surface area contributed by atoms with Gasteiger partial charge in [-0.05, 0) is 17.2 Å². The Labute approximate surface area is 115 Å². The maximum Gasteiger partial charge on any atom is 1.00 e. The third kappa shape index (κ3) is 2.02. The maximum atomic E-state index is 11.7. The van der Waals surface area contributed by atoms with Crippen LogP contribution in [0.4, 0.5) is 0 Å². The summed E-state index contributed by atoms with van der Waals surface area (Å²) >= 11 is 0. The molecule has 0 aromatic heterocycles. The van der Waals surface area contributed by atoms with Crippen LogP contribution in [0.15, 0.2) is 42.5 Å². The van der Waals surface area contributed by atoms with Crippen LogP contribution >= 0.6 is 0 Å². The third-order valence-corrected chi connectivity index (χ3v) is 2.30. The molecule has 4 heteroatoms. The van der Waals surface area contributed by atoms with Crippen molar-refractivity contribution in [2.45, 2.75) is 0 Å². The van der Waals surface area contributed by atoms with Gasteiger partial charge in [0, 0.05) is 11.1 Å². The van der Waals surface area contributed by atoms with Gasteiger partial charge in [0.1, 0.15) is 0 Å². The zero-order valence-electron chi connectivity index (χ0n) is 8.82. The van der Waals surface area contributed by atoms with Crippen LogP contribution in [-0.2, 0) is 4.79 Å². The predicted molar refractivity (Wildman–Crippen MR) is 52.9 cm³/mol. The van der Waals surface area contributed by atoms with E-state index in [0.29, 0.717) is 16.7 Å². The zero-order chi connectivity index (χ0) is 11.0. The van der Waals surface area contributed by atoms with Gasteiger partial charge in [-0.3, -0.25) is 4.79 Å². The Balaban J connectivity index is 0.00000128. The largest absolute Gasteiger partial charge is 1.00 e. The molecular formula is C12H7NaO3. The van der Waals surface area contributed by atoms with Gasteiger partial charge in [0.15, 0.2) is 5.78 Å². The number of carboxylic acid groups (broad SMARTS) is 1. The minimum absolute atomic E-state index is 0. The molecule has 1 aromatic carbocycles. The van der Waals surface area contributed by atoms with Gasteiger partial charge < -0.3 is 9.90 Å².